The molecule has 0 aromatic heterocycles. The maximum Gasteiger partial charge on any atom is 0.0109 e. The highest BCUT2D eigenvalue weighted by molar-refractivity contribution is 4.72. The molecule has 0 aromatic rings. The zero-order valence-electron chi connectivity index (χ0n) is 14.7. The molecular formula is C18H40N2. The molecule has 0 amide bonds. The van der Waals surface area contributed by atoms with Gasteiger partial charge in [0.1, 0.15) is 0 Å². The van der Waals surface area contributed by atoms with Gasteiger partial charge in [0.2, 0.25) is 0 Å². The molecule has 122 valence electrons. The number of rotatable bonds is 14. The van der Waals surface area contributed by atoms with Gasteiger partial charge in [0.25, 0.3) is 0 Å². The molecule has 0 aliphatic rings. The SMILES string of the molecule is CCCCCCCCCCCCN(C)CCC(C)(C)N. The monoisotopic (exact) mass is 284 g/mol. The molecule has 2 nitrogen and oxygen atoms in total. The molecule has 0 rings (SSSR count). The largest absolute Gasteiger partial charge is 0.326 e. The van der Waals surface area contributed by atoms with Crippen LogP contribution in [0.5, 0.6) is 0 Å². The highest BCUT2D eigenvalue weighted by Gasteiger charge is 2.11. The normalized spacial score (nSPS) is 12.3. The van der Waals surface area contributed by atoms with Crippen molar-refractivity contribution >= 4 is 0 Å². The summed E-state index contributed by atoms with van der Waals surface area (Å²) in [5.41, 5.74) is 5.99. The average molecular weight is 285 g/mol. The van der Waals surface area contributed by atoms with Crippen molar-refractivity contribution < 1.29 is 0 Å². The molecule has 0 bridgehead atoms. The first kappa shape index (κ1) is 19.9. The lowest BCUT2D eigenvalue weighted by atomic mass is 10.0. The smallest absolute Gasteiger partial charge is 0.0109 e. The van der Waals surface area contributed by atoms with Crippen LogP contribution in [0, 0.1) is 0 Å². The second-order valence-corrected chi connectivity index (χ2v) is 7.22. The van der Waals surface area contributed by atoms with Gasteiger partial charge in [0.05, 0.1) is 0 Å². The van der Waals surface area contributed by atoms with Gasteiger partial charge in [-0.15, -0.1) is 0 Å². The number of unbranched alkanes of at least 4 members (excludes halogenated alkanes) is 9. The minimum absolute atomic E-state index is 0.0218. The van der Waals surface area contributed by atoms with Crippen molar-refractivity contribution in [2.24, 2.45) is 5.73 Å². The van der Waals surface area contributed by atoms with Gasteiger partial charge < -0.3 is 10.6 Å². The van der Waals surface area contributed by atoms with E-state index >= 15 is 0 Å². The van der Waals surface area contributed by atoms with Crippen LogP contribution < -0.4 is 5.73 Å². The van der Waals surface area contributed by atoms with E-state index < -0.39 is 0 Å². The number of hydrogen-bond acceptors (Lipinski definition) is 2. The minimum Gasteiger partial charge on any atom is -0.326 e. The second-order valence-electron chi connectivity index (χ2n) is 7.22. The zero-order chi connectivity index (χ0) is 15.3. The molecule has 0 saturated heterocycles. The molecule has 0 atom stereocenters. The molecule has 0 aliphatic carbocycles. The quantitative estimate of drug-likeness (QED) is 0.456. The summed E-state index contributed by atoms with van der Waals surface area (Å²) in [6.45, 7) is 8.86. The fraction of sp³-hybridized carbons (Fsp3) is 1.00. The Morgan fingerprint density at radius 2 is 1.20 bits per heavy atom. The summed E-state index contributed by atoms with van der Waals surface area (Å²) in [4.78, 5) is 2.43. The van der Waals surface area contributed by atoms with Crippen molar-refractivity contribution in [3.8, 4) is 0 Å². The van der Waals surface area contributed by atoms with Gasteiger partial charge in [-0.1, -0.05) is 64.7 Å². The highest BCUT2D eigenvalue weighted by atomic mass is 15.1. The lowest BCUT2D eigenvalue weighted by Crippen LogP contribution is -2.36. The van der Waals surface area contributed by atoms with Crippen LogP contribution in [0.3, 0.4) is 0 Å². The molecule has 0 saturated carbocycles. The van der Waals surface area contributed by atoms with E-state index in [9.17, 15) is 0 Å². The molecule has 0 unspecified atom stereocenters. The van der Waals surface area contributed by atoms with Crippen molar-refractivity contribution in [2.45, 2.75) is 96.9 Å². The molecule has 0 spiro atoms. The fourth-order valence-corrected chi connectivity index (χ4v) is 2.46. The predicted octanol–water partition coefficient (Wildman–Crippen LogP) is 4.97. The zero-order valence-corrected chi connectivity index (χ0v) is 14.7. The Bertz CT molecular complexity index is 196. The van der Waals surface area contributed by atoms with Gasteiger partial charge in [0.15, 0.2) is 0 Å². The Labute approximate surface area is 128 Å². The number of nitrogens with two attached hydrogens (primary N) is 1. The van der Waals surface area contributed by atoms with Crippen LogP contribution in [-0.2, 0) is 0 Å². The summed E-state index contributed by atoms with van der Waals surface area (Å²) in [5.74, 6) is 0. The van der Waals surface area contributed by atoms with Gasteiger partial charge in [-0.3, -0.25) is 0 Å². The molecule has 20 heavy (non-hydrogen) atoms. The van der Waals surface area contributed by atoms with Crippen LogP contribution in [-0.4, -0.2) is 30.6 Å². The molecule has 0 aromatic carbocycles. The van der Waals surface area contributed by atoms with Crippen molar-refractivity contribution in [3.63, 3.8) is 0 Å². The first-order valence-electron chi connectivity index (χ1n) is 8.93. The van der Waals surface area contributed by atoms with E-state index in [1.807, 2.05) is 0 Å². The van der Waals surface area contributed by atoms with Crippen molar-refractivity contribution in [1.29, 1.82) is 0 Å². The summed E-state index contributed by atoms with van der Waals surface area (Å²) < 4.78 is 0. The van der Waals surface area contributed by atoms with Crippen molar-refractivity contribution in [1.82, 2.24) is 4.90 Å². The van der Waals surface area contributed by atoms with E-state index in [4.69, 9.17) is 5.73 Å². The topological polar surface area (TPSA) is 29.3 Å². The van der Waals surface area contributed by atoms with Gasteiger partial charge in [0, 0.05) is 5.54 Å². The molecule has 2 N–H and O–H groups in total. The Hall–Kier alpha value is -0.0800. The average Bonchev–Trinajstić information content (AvgIpc) is 2.38. The summed E-state index contributed by atoms with van der Waals surface area (Å²) in [7, 11) is 2.22. The maximum atomic E-state index is 6.01. The van der Waals surface area contributed by atoms with Crippen LogP contribution in [0.25, 0.3) is 0 Å². The molecule has 0 heterocycles. The Morgan fingerprint density at radius 1 is 0.750 bits per heavy atom. The lowest BCUT2D eigenvalue weighted by Gasteiger charge is -2.23. The summed E-state index contributed by atoms with van der Waals surface area (Å²) in [6, 6.07) is 0. The van der Waals surface area contributed by atoms with Crippen molar-refractivity contribution in [3.05, 3.63) is 0 Å². The fourth-order valence-electron chi connectivity index (χ4n) is 2.46. The summed E-state index contributed by atoms with van der Waals surface area (Å²) >= 11 is 0. The number of hydrogen-bond donors (Lipinski definition) is 1. The summed E-state index contributed by atoms with van der Waals surface area (Å²) in [6.07, 6.45) is 15.2. The lowest BCUT2D eigenvalue weighted by molar-refractivity contribution is 0.289. The van der Waals surface area contributed by atoms with Crippen LogP contribution in [0.2, 0.25) is 0 Å². The standard InChI is InChI=1S/C18H40N2/c1-5-6-7-8-9-10-11-12-13-14-16-20(4)17-15-18(2,3)19/h5-17,19H2,1-4H3. The Kier molecular flexibility index (Phi) is 12.6. The van der Waals surface area contributed by atoms with Crippen molar-refractivity contribution in [2.75, 3.05) is 20.1 Å². The Morgan fingerprint density at radius 3 is 1.65 bits per heavy atom. The molecule has 0 fully saturated rings. The predicted molar refractivity (Wildman–Crippen MR) is 92.2 cm³/mol. The van der Waals surface area contributed by atoms with Gasteiger partial charge in [-0.2, -0.15) is 0 Å². The second kappa shape index (κ2) is 12.6. The van der Waals surface area contributed by atoms with E-state index in [1.54, 1.807) is 0 Å². The van der Waals surface area contributed by atoms with E-state index in [0.29, 0.717) is 0 Å². The first-order valence-corrected chi connectivity index (χ1v) is 8.93. The number of nitrogens with zero attached hydrogens (tertiary/aromatic N) is 1. The van der Waals surface area contributed by atoms with E-state index in [1.165, 1.54) is 70.8 Å². The van der Waals surface area contributed by atoms with Crippen LogP contribution >= 0.6 is 0 Å². The minimum atomic E-state index is -0.0218. The third kappa shape index (κ3) is 16.0. The van der Waals surface area contributed by atoms with Gasteiger partial charge >= 0.3 is 0 Å². The molecular weight excluding hydrogens is 244 g/mol. The van der Waals surface area contributed by atoms with Crippen LogP contribution in [0.1, 0.15) is 91.4 Å². The third-order valence-electron chi connectivity index (χ3n) is 4.03. The van der Waals surface area contributed by atoms with Crippen LogP contribution in [0.4, 0.5) is 0 Å². The Balaban J connectivity index is 3.19. The molecule has 2 heteroatoms. The molecule has 0 aliphatic heterocycles. The van der Waals surface area contributed by atoms with E-state index in [-0.39, 0.29) is 5.54 Å². The molecule has 0 radical (unpaired) electrons. The highest BCUT2D eigenvalue weighted by Crippen LogP contribution is 2.11. The summed E-state index contributed by atoms with van der Waals surface area (Å²) in [5, 5.41) is 0. The van der Waals surface area contributed by atoms with Crippen LogP contribution in [0.15, 0.2) is 0 Å². The maximum absolute atomic E-state index is 6.01. The van der Waals surface area contributed by atoms with Gasteiger partial charge in [-0.25, -0.2) is 0 Å². The van der Waals surface area contributed by atoms with E-state index in [2.05, 4.69) is 32.7 Å². The van der Waals surface area contributed by atoms with E-state index in [0.717, 1.165) is 13.0 Å². The van der Waals surface area contributed by atoms with Gasteiger partial charge in [-0.05, 0) is 46.8 Å². The first-order chi connectivity index (χ1) is 9.45. The third-order valence-corrected chi connectivity index (χ3v) is 4.03.